The number of benzene rings is 1. The van der Waals surface area contributed by atoms with Crippen molar-refractivity contribution in [3.8, 4) is 5.75 Å². The molecule has 3 rings (SSSR count). The Kier molecular flexibility index (Phi) is 2.48. The molecule has 2 heterocycles. The van der Waals surface area contributed by atoms with Gasteiger partial charge in [-0.25, -0.2) is 0 Å². The minimum absolute atomic E-state index is 0.568. The van der Waals surface area contributed by atoms with Gasteiger partial charge in [0, 0.05) is 17.8 Å². The predicted molar refractivity (Wildman–Crippen MR) is 64.6 cm³/mol. The maximum atomic E-state index is 5.81. The second-order valence-corrected chi connectivity index (χ2v) is 4.78. The smallest absolute Gasteiger partial charge is 0.124 e. The van der Waals surface area contributed by atoms with Crippen molar-refractivity contribution in [1.82, 2.24) is 4.90 Å². The lowest BCUT2D eigenvalue weighted by Crippen LogP contribution is -2.41. The van der Waals surface area contributed by atoms with Crippen LogP contribution in [-0.2, 0) is 6.42 Å². The fourth-order valence-electron chi connectivity index (χ4n) is 2.71. The van der Waals surface area contributed by atoms with Gasteiger partial charge in [0.15, 0.2) is 0 Å². The molecule has 0 aliphatic carbocycles. The Labute approximate surface area is 96.2 Å². The highest BCUT2D eigenvalue weighted by Gasteiger charge is 2.27. The molecule has 0 radical (unpaired) electrons. The minimum Gasteiger partial charge on any atom is -0.492 e. The number of fused-ring (bicyclic) bond motifs is 1. The number of rotatable bonds is 1. The van der Waals surface area contributed by atoms with E-state index in [1.807, 2.05) is 12.1 Å². The Morgan fingerprint density at radius 3 is 2.88 bits per heavy atom. The SMILES string of the molecule is Nc1ccc2c(c1)OCC(N1CCCC1)C2. The van der Waals surface area contributed by atoms with Crippen molar-refractivity contribution in [3.05, 3.63) is 23.8 Å². The van der Waals surface area contributed by atoms with Crippen LogP contribution in [0.4, 0.5) is 5.69 Å². The molecule has 1 fully saturated rings. The lowest BCUT2D eigenvalue weighted by molar-refractivity contribution is 0.142. The van der Waals surface area contributed by atoms with Crippen molar-refractivity contribution >= 4 is 5.69 Å². The first-order valence-electron chi connectivity index (χ1n) is 6.08. The normalized spacial score (nSPS) is 25.1. The van der Waals surface area contributed by atoms with Crippen LogP contribution in [-0.4, -0.2) is 30.6 Å². The summed E-state index contributed by atoms with van der Waals surface area (Å²) in [6.45, 7) is 3.28. The van der Waals surface area contributed by atoms with Gasteiger partial charge in [0.1, 0.15) is 12.4 Å². The highest BCUT2D eigenvalue weighted by molar-refractivity contribution is 5.49. The number of ether oxygens (including phenoxy) is 1. The summed E-state index contributed by atoms with van der Waals surface area (Å²) in [6, 6.07) is 6.58. The van der Waals surface area contributed by atoms with Gasteiger partial charge in [-0.1, -0.05) is 6.07 Å². The van der Waals surface area contributed by atoms with Crippen LogP contribution in [0.2, 0.25) is 0 Å². The molecular weight excluding hydrogens is 200 g/mol. The van der Waals surface area contributed by atoms with Gasteiger partial charge in [-0.3, -0.25) is 4.90 Å². The van der Waals surface area contributed by atoms with Gasteiger partial charge in [-0.05, 0) is 44.0 Å². The van der Waals surface area contributed by atoms with E-state index in [2.05, 4.69) is 11.0 Å². The topological polar surface area (TPSA) is 38.5 Å². The second kappa shape index (κ2) is 3.98. The molecule has 2 aliphatic heterocycles. The number of nitrogens with zero attached hydrogens (tertiary/aromatic N) is 1. The molecule has 0 bridgehead atoms. The van der Waals surface area contributed by atoms with E-state index in [1.165, 1.54) is 31.5 Å². The third-order valence-electron chi connectivity index (χ3n) is 3.64. The van der Waals surface area contributed by atoms with Gasteiger partial charge in [-0.15, -0.1) is 0 Å². The van der Waals surface area contributed by atoms with Gasteiger partial charge >= 0.3 is 0 Å². The second-order valence-electron chi connectivity index (χ2n) is 4.78. The van der Waals surface area contributed by atoms with Crippen LogP contribution >= 0.6 is 0 Å². The highest BCUT2D eigenvalue weighted by Crippen LogP contribution is 2.29. The Balaban J connectivity index is 1.78. The zero-order valence-electron chi connectivity index (χ0n) is 9.48. The Bertz CT molecular complexity index is 386. The first-order chi connectivity index (χ1) is 7.83. The first kappa shape index (κ1) is 9.97. The summed E-state index contributed by atoms with van der Waals surface area (Å²) in [5.74, 6) is 0.982. The number of nitrogens with two attached hydrogens (primary N) is 1. The number of anilines is 1. The predicted octanol–water partition coefficient (Wildman–Crippen LogP) is 1.67. The van der Waals surface area contributed by atoms with E-state index in [0.717, 1.165) is 24.5 Å². The number of hydrogen-bond donors (Lipinski definition) is 1. The third-order valence-corrected chi connectivity index (χ3v) is 3.64. The largest absolute Gasteiger partial charge is 0.492 e. The summed E-state index contributed by atoms with van der Waals surface area (Å²) in [7, 11) is 0. The molecule has 2 aliphatic rings. The van der Waals surface area contributed by atoms with E-state index in [4.69, 9.17) is 10.5 Å². The summed E-state index contributed by atoms with van der Waals surface area (Å²) in [5, 5.41) is 0. The van der Waals surface area contributed by atoms with Crippen molar-refractivity contribution in [2.24, 2.45) is 0 Å². The van der Waals surface area contributed by atoms with Gasteiger partial charge < -0.3 is 10.5 Å². The van der Waals surface area contributed by atoms with Crippen LogP contribution in [0.5, 0.6) is 5.75 Å². The van der Waals surface area contributed by atoms with E-state index < -0.39 is 0 Å². The maximum absolute atomic E-state index is 5.81. The van der Waals surface area contributed by atoms with Crippen molar-refractivity contribution in [2.75, 3.05) is 25.4 Å². The van der Waals surface area contributed by atoms with Crippen LogP contribution in [0, 0.1) is 0 Å². The van der Waals surface area contributed by atoms with Crippen LogP contribution in [0.25, 0.3) is 0 Å². The molecule has 1 saturated heterocycles. The summed E-state index contributed by atoms with van der Waals surface area (Å²) >= 11 is 0. The number of hydrogen-bond acceptors (Lipinski definition) is 3. The average molecular weight is 218 g/mol. The van der Waals surface area contributed by atoms with Crippen molar-refractivity contribution < 1.29 is 4.74 Å². The monoisotopic (exact) mass is 218 g/mol. The molecule has 3 heteroatoms. The van der Waals surface area contributed by atoms with Gasteiger partial charge in [0.2, 0.25) is 0 Å². The van der Waals surface area contributed by atoms with Crippen molar-refractivity contribution in [1.29, 1.82) is 0 Å². The molecular formula is C13H18N2O. The molecule has 86 valence electrons. The Morgan fingerprint density at radius 2 is 2.06 bits per heavy atom. The first-order valence-corrected chi connectivity index (χ1v) is 6.08. The molecule has 16 heavy (non-hydrogen) atoms. The van der Waals surface area contributed by atoms with Crippen LogP contribution < -0.4 is 10.5 Å². The lowest BCUT2D eigenvalue weighted by atomic mass is 10.0. The maximum Gasteiger partial charge on any atom is 0.124 e. The Morgan fingerprint density at radius 1 is 1.25 bits per heavy atom. The molecule has 1 aromatic carbocycles. The molecule has 1 aromatic rings. The number of likely N-dealkylation sites (tertiary alicyclic amines) is 1. The zero-order valence-corrected chi connectivity index (χ0v) is 9.48. The molecule has 2 N–H and O–H groups in total. The van der Waals surface area contributed by atoms with Crippen LogP contribution in [0.1, 0.15) is 18.4 Å². The Hall–Kier alpha value is -1.22. The molecule has 3 nitrogen and oxygen atoms in total. The van der Waals surface area contributed by atoms with Crippen LogP contribution in [0.3, 0.4) is 0 Å². The van der Waals surface area contributed by atoms with E-state index >= 15 is 0 Å². The molecule has 0 aromatic heterocycles. The van der Waals surface area contributed by atoms with Gasteiger partial charge in [0.25, 0.3) is 0 Å². The summed E-state index contributed by atoms with van der Waals surface area (Å²) < 4.78 is 5.81. The van der Waals surface area contributed by atoms with Crippen molar-refractivity contribution in [2.45, 2.75) is 25.3 Å². The van der Waals surface area contributed by atoms with E-state index in [0.29, 0.717) is 6.04 Å². The third kappa shape index (κ3) is 1.76. The summed E-state index contributed by atoms with van der Waals surface area (Å²) in [5.41, 5.74) is 7.84. The summed E-state index contributed by atoms with van der Waals surface area (Å²) in [6.07, 6.45) is 3.78. The molecule has 1 atom stereocenters. The lowest BCUT2D eigenvalue weighted by Gasteiger charge is -2.32. The molecule has 0 amide bonds. The van der Waals surface area contributed by atoms with E-state index in [9.17, 15) is 0 Å². The summed E-state index contributed by atoms with van der Waals surface area (Å²) in [4.78, 5) is 2.55. The zero-order chi connectivity index (χ0) is 11.0. The average Bonchev–Trinajstić information content (AvgIpc) is 2.82. The fourth-order valence-corrected chi connectivity index (χ4v) is 2.71. The quantitative estimate of drug-likeness (QED) is 0.729. The van der Waals surface area contributed by atoms with Crippen LogP contribution in [0.15, 0.2) is 18.2 Å². The fraction of sp³-hybridized carbons (Fsp3) is 0.538. The molecule has 0 spiro atoms. The highest BCUT2D eigenvalue weighted by atomic mass is 16.5. The van der Waals surface area contributed by atoms with Crippen molar-refractivity contribution in [3.63, 3.8) is 0 Å². The number of nitrogen functional groups attached to an aromatic ring is 1. The molecule has 1 unspecified atom stereocenters. The minimum atomic E-state index is 0.568. The van der Waals surface area contributed by atoms with E-state index in [1.54, 1.807) is 0 Å². The van der Waals surface area contributed by atoms with Gasteiger partial charge in [-0.2, -0.15) is 0 Å². The van der Waals surface area contributed by atoms with E-state index in [-0.39, 0.29) is 0 Å². The molecule has 0 saturated carbocycles. The van der Waals surface area contributed by atoms with Gasteiger partial charge in [0.05, 0.1) is 0 Å². The standard InChI is InChI=1S/C13H18N2O/c14-11-4-3-10-7-12(9-16-13(10)8-11)15-5-1-2-6-15/h3-4,8,12H,1-2,5-7,9,14H2.